The number of hydrogen-bond acceptors (Lipinski definition) is 8. The van der Waals surface area contributed by atoms with Crippen LogP contribution in [0.4, 0.5) is 5.13 Å². The van der Waals surface area contributed by atoms with E-state index in [1.54, 1.807) is 49.8 Å². The summed E-state index contributed by atoms with van der Waals surface area (Å²) >= 11 is 3.02. The molecule has 0 aliphatic rings. The number of ether oxygens (including phenoxy) is 2. The van der Waals surface area contributed by atoms with Crippen molar-refractivity contribution in [3.63, 3.8) is 0 Å². The van der Waals surface area contributed by atoms with Gasteiger partial charge in [0.2, 0.25) is 0 Å². The van der Waals surface area contributed by atoms with Gasteiger partial charge in [0.25, 0.3) is 5.91 Å². The fraction of sp³-hybridized carbons (Fsp3) is 0.150. The number of methoxy groups -OCH3 is 2. The molecule has 0 spiro atoms. The zero-order chi connectivity index (χ0) is 20.4. The summed E-state index contributed by atoms with van der Waals surface area (Å²) in [5, 5.41) is 9.06. The molecule has 0 bridgehead atoms. The zero-order valence-electron chi connectivity index (χ0n) is 15.9. The van der Waals surface area contributed by atoms with Crippen LogP contribution in [0.25, 0.3) is 21.9 Å². The molecule has 3 aromatic heterocycles. The largest absolute Gasteiger partial charge is 0.497 e. The summed E-state index contributed by atoms with van der Waals surface area (Å²) in [6.07, 6.45) is 0. The van der Waals surface area contributed by atoms with Crippen molar-refractivity contribution in [1.29, 1.82) is 0 Å². The summed E-state index contributed by atoms with van der Waals surface area (Å²) in [5.74, 6) is 1.23. The summed E-state index contributed by atoms with van der Waals surface area (Å²) in [6.45, 7) is 2.04. The molecule has 0 aliphatic carbocycles. The first-order chi connectivity index (χ1) is 14.1. The van der Waals surface area contributed by atoms with Gasteiger partial charge in [-0.05, 0) is 37.3 Å². The normalized spacial score (nSPS) is 10.7. The standard InChI is InChI=1S/C20H17N3O4S2/c1-11-4-7-18(29-11)15-10-28-20(21-15)22-19(24)14-9-17(27-23-14)13-8-12(25-2)5-6-16(13)26-3/h4-10H,1-3H3,(H,21,22,24). The molecule has 4 aromatic rings. The van der Waals surface area contributed by atoms with Crippen LogP contribution in [0.3, 0.4) is 0 Å². The van der Waals surface area contributed by atoms with Crippen LogP contribution in [0.5, 0.6) is 11.5 Å². The first-order valence-electron chi connectivity index (χ1n) is 8.60. The van der Waals surface area contributed by atoms with Gasteiger partial charge in [-0.1, -0.05) is 5.16 Å². The lowest BCUT2D eigenvalue weighted by atomic mass is 10.1. The molecule has 1 aromatic carbocycles. The van der Waals surface area contributed by atoms with Crippen LogP contribution in [0.1, 0.15) is 15.4 Å². The Labute approximate surface area is 174 Å². The molecule has 148 valence electrons. The molecule has 1 amide bonds. The lowest BCUT2D eigenvalue weighted by Gasteiger charge is -2.07. The first-order valence-corrected chi connectivity index (χ1v) is 10.3. The van der Waals surface area contributed by atoms with Crippen molar-refractivity contribution in [3.8, 4) is 33.4 Å². The Morgan fingerprint density at radius 2 is 2.00 bits per heavy atom. The van der Waals surface area contributed by atoms with E-state index in [1.165, 1.54) is 16.2 Å². The lowest BCUT2D eigenvalue weighted by molar-refractivity contribution is 0.101. The number of hydrogen-bond donors (Lipinski definition) is 1. The van der Waals surface area contributed by atoms with Crippen molar-refractivity contribution in [2.45, 2.75) is 6.92 Å². The van der Waals surface area contributed by atoms with Gasteiger partial charge in [-0.3, -0.25) is 10.1 Å². The summed E-state index contributed by atoms with van der Waals surface area (Å²) in [6, 6.07) is 10.9. The molecule has 0 fully saturated rings. The number of nitrogens with one attached hydrogen (secondary N) is 1. The van der Waals surface area contributed by atoms with E-state index >= 15 is 0 Å². The minimum atomic E-state index is -0.398. The fourth-order valence-electron chi connectivity index (χ4n) is 2.69. The molecule has 0 unspecified atom stereocenters. The highest BCUT2D eigenvalue weighted by atomic mass is 32.1. The predicted octanol–water partition coefficient (Wildman–Crippen LogP) is 5.10. The predicted molar refractivity (Wildman–Crippen MR) is 113 cm³/mol. The quantitative estimate of drug-likeness (QED) is 0.460. The molecular weight excluding hydrogens is 410 g/mol. The summed E-state index contributed by atoms with van der Waals surface area (Å²) in [4.78, 5) is 19.3. The van der Waals surface area contributed by atoms with Crippen molar-refractivity contribution in [2.24, 2.45) is 0 Å². The van der Waals surface area contributed by atoms with Crippen LogP contribution in [0, 0.1) is 6.92 Å². The third-order valence-corrected chi connectivity index (χ3v) is 5.91. The second-order valence-electron chi connectivity index (χ2n) is 6.04. The van der Waals surface area contributed by atoms with Gasteiger partial charge in [0.1, 0.15) is 11.5 Å². The van der Waals surface area contributed by atoms with E-state index in [9.17, 15) is 4.79 Å². The average molecular weight is 428 g/mol. The Hall–Kier alpha value is -3.17. The number of thiophene rings is 1. The number of anilines is 1. The smallest absolute Gasteiger partial charge is 0.279 e. The molecule has 0 radical (unpaired) electrons. The second kappa shape index (κ2) is 8.06. The van der Waals surface area contributed by atoms with E-state index in [0.717, 1.165) is 10.6 Å². The van der Waals surface area contributed by atoms with Crippen LogP contribution < -0.4 is 14.8 Å². The topological polar surface area (TPSA) is 86.5 Å². The molecule has 29 heavy (non-hydrogen) atoms. The second-order valence-corrected chi connectivity index (χ2v) is 8.19. The minimum absolute atomic E-state index is 0.147. The Balaban J connectivity index is 1.53. The van der Waals surface area contributed by atoms with E-state index in [2.05, 4.69) is 15.5 Å². The minimum Gasteiger partial charge on any atom is -0.497 e. The molecule has 3 heterocycles. The van der Waals surface area contributed by atoms with Crippen molar-refractivity contribution >= 4 is 33.7 Å². The van der Waals surface area contributed by atoms with Crippen molar-refractivity contribution < 1.29 is 18.8 Å². The fourth-order valence-corrected chi connectivity index (χ4v) is 4.30. The number of aryl methyl sites for hydroxylation is 1. The van der Waals surface area contributed by atoms with Crippen LogP contribution in [0.2, 0.25) is 0 Å². The third-order valence-electron chi connectivity index (χ3n) is 4.13. The number of nitrogens with zero attached hydrogens (tertiary/aromatic N) is 2. The monoisotopic (exact) mass is 427 g/mol. The highest BCUT2D eigenvalue weighted by Crippen LogP contribution is 2.34. The first kappa shape index (κ1) is 19.2. The van der Waals surface area contributed by atoms with E-state index in [0.29, 0.717) is 28.0 Å². The van der Waals surface area contributed by atoms with E-state index in [-0.39, 0.29) is 5.69 Å². The summed E-state index contributed by atoms with van der Waals surface area (Å²) in [7, 11) is 3.13. The number of thiazole rings is 1. The van der Waals surface area contributed by atoms with E-state index < -0.39 is 5.91 Å². The molecule has 4 rings (SSSR count). The van der Waals surface area contributed by atoms with Crippen molar-refractivity contribution in [2.75, 3.05) is 19.5 Å². The van der Waals surface area contributed by atoms with Crippen LogP contribution in [0.15, 0.2) is 46.3 Å². The molecule has 1 N–H and O–H groups in total. The zero-order valence-corrected chi connectivity index (χ0v) is 17.5. The average Bonchev–Trinajstić information content (AvgIpc) is 3.48. The van der Waals surface area contributed by atoms with E-state index in [1.807, 2.05) is 24.4 Å². The third kappa shape index (κ3) is 4.01. The molecular formula is C20H17N3O4S2. The van der Waals surface area contributed by atoms with Gasteiger partial charge >= 0.3 is 0 Å². The summed E-state index contributed by atoms with van der Waals surface area (Å²) < 4.78 is 16.0. The Morgan fingerprint density at radius 1 is 1.14 bits per heavy atom. The maximum Gasteiger partial charge on any atom is 0.279 e. The summed E-state index contributed by atoms with van der Waals surface area (Å²) in [5.41, 5.74) is 1.63. The number of carbonyl (C=O) groups is 1. The van der Waals surface area contributed by atoms with Gasteiger partial charge in [-0.15, -0.1) is 22.7 Å². The Bertz CT molecular complexity index is 1160. The van der Waals surface area contributed by atoms with Crippen molar-refractivity contribution in [1.82, 2.24) is 10.1 Å². The van der Waals surface area contributed by atoms with Gasteiger partial charge in [0, 0.05) is 16.3 Å². The molecule has 0 aliphatic heterocycles. The SMILES string of the molecule is COc1ccc(OC)c(-c2cc(C(=O)Nc3nc(-c4ccc(C)s4)cs3)no2)c1. The number of aromatic nitrogens is 2. The number of carbonyl (C=O) groups excluding carboxylic acids is 1. The van der Waals surface area contributed by atoms with Gasteiger partial charge in [0.05, 0.1) is 30.4 Å². The molecule has 0 saturated carbocycles. The number of benzene rings is 1. The van der Waals surface area contributed by atoms with E-state index in [4.69, 9.17) is 14.0 Å². The Kier molecular flexibility index (Phi) is 5.32. The Morgan fingerprint density at radius 3 is 2.72 bits per heavy atom. The van der Waals surface area contributed by atoms with Gasteiger partial charge in [0.15, 0.2) is 16.6 Å². The number of amides is 1. The van der Waals surface area contributed by atoms with Crippen LogP contribution in [-0.4, -0.2) is 30.3 Å². The van der Waals surface area contributed by atoms with Crippen LogP contribution >= 0.6 is 22.7 Å². The maximum atomic E-state index is 12.6. The van der Waals surface area contributed by atoms with Crippen molar-refractivity contribution in [3.05, 3.63) is 52.3 Å². The molecule has 0 atom stereocenters. The van der Waals surface area contributed by atoms with Gasteiger partial charge in [-0.2, -0.15) is 0 Å². The highest BCUT2D eigenvalue weighted by molar-refractivity contribution is 7.17. The molecule has 7 nitrogen and oxygen atoms in total. The van der Waals surface area contributed by atoms with Gasteiger partial charge < -0.3 is 14.0 Å². The maximum absolute atomic E-state index is 12.6. The molecule has 0 saturated heterocycles. The highest BCUT2D eigenvalue weighted by Gasteiger charge is 2.18. The van der Waals surface area contributed by atoms with Crippen LogP contribution in [-0.2, 0) is 0 Å². The van der Waals surface area contributed by atoms with Gasteiger partial charge in [-0.25, -0.2) is 4.98 Å². The lowest BCUT2D eigenvalue weighted by Crippen LogP contribution is -2.11. The molecule has 9 heteroatoms. The number of rotatable bonds is 6.